The Morgan fingerprint density at radius 1 is 1.04 bits per heavy atom. The first-order valence-corrected chi connectivity index (χ1v) is 8.04. The summed E-state index contributed by atoms with van der Waals surface area (Å²) >= 11 is 0. The minimum atomic E-state index is -0.129. The summed E-state index contributed by atoms with van der Waals surface area (Å²) in [6, 6.07) is 13.6. The first-order valence-electron chi connectivity index (χ1n) is 8.04. The smallest absolute Gasteiger partial charge is 0.252 e. The van der Waals surface area contributed by atoms with E-state index in [-0.39, 0.29) is 5.91 Å². The van der Waals surface area contributed by atoms with Gasteiger partial charge in [0.05, 0.1) is 12.1 Å². The van der Waals surface area contributed by atoms with Crippen molar-refractivity contribution >= 4 is 11.9 Å². The van der Waals surface area contributed by atoms with E-state index in [1.165, 1.54) is 0 Å². The largest absolute Gasteiger partial charge is 0.357 e. The van der Waals surface area contributed by atoms with Gasteiger partial charge in [0.2, 0.25) is 0 Å². The predicted molar refractivity (Wildman–Crippen MR) is 95.8 cm³/mol. The number of nitrogens with zero attached hydrogens (tertiary/aromatic N) is 2. The average Bonchev–Trinajstić information content (AvgIpc) is 2.64. The van der Waals surface area contributed by atoms with Gasteiger partial charge in [0.1, 0.15) is 0 Å². The number of rotatable bonds is 7. The third-order valence-corrected chi connectivity index (χ3v) is 3.23. The highest BCUT2D eigenvalue weighted by molar-refractivity contribution is 5.93. The van der Waals surface area contributed by atoms with Gasteiger partial charge in [0.15, 0.2) is 5.96 Å². The van der Waals surface area contributed by atoms with Gasteiger partial charge in [-0.1, -0.05) is 30.3 Å². The lowest BCUT2D eigenvalue weighted by molar-refractivity contribution is 0.0954. The summed E-state index contributed by atoms with van der Waals surface area (Å²) in [7, 11) is 0. The number of guanidine groups is 1. The highest BCUT2D eigenvalue weighted by atomic mass is 16.1. The van der Waals surface area contributed by atoms with E-state index in [4.69, 9.17) is 0 Å². The van der Waals surface area contributed by atoms with E-state index in [1.54, 1.807) is 24.5 Å². The second-order valence-corrected chi connectivity index (χ2v) is 5.11. The van der Waals surface area contributed by atoms with Gasteiger partial charge in [0, 0.05) is 32.0 Å². The van der Waals surface area contributed by atoms with Crippen molar-refractivity contribution in [2.24, 2.45) is 4.99 Å². The molecule has 2 aromatic rings. The van der Waals surface area contributed by atoms with Crippen LogP contribution in [-0.2, 0) is 6.54 Å². The van der Waals surface area contributed by atoms with E-state index in [1.807, 2.05) is 37.3 Å². The summed E-state index contributed by atoms with van der Waals surface area (Å²) in [6.45, 7) is 4.50. The van der Waals surface area contributed by atoms with Crippen LogP contribution in [0, 0.1) is 0 Å². The molecule has 0 saturated carbocycles. The number of hydrogen-bond acceptors (Lipinski definition) is 3. The Bertz CT molecular complexity index is 643. The molecule has 0 saturated heterocycles. The normalized spacial score (nSPS) is 11.0. The van der Waals surface area contributed by atoms with Crippen molar-refractivity contribution in [3.63, 3.8) is 0 Å². The molecule has 6 nitrogen and oxygen atoms in total. The molecule has 0 unspecified atom stereocenters. The molecule has 0 fully saturated rings. The van der Waals surface area contributed by atoms with Crippen molar-refractivity contribution in [2.75, 3.05) is 19.6 Å². The highest BCUT2D eigenvalue weighted by Gasteiger charge is 2.04. The number of pyridine rings is 1. The summed E-state index contributed by atoms with van der Waals surface area (Å²) in [6.07, 6.45) is 3.19. The molecule has 0 bridgehead atoms. The molecule has 3 N–H and O–H groups in total. The standard InChI is InChI=1S/C18H23N5O/c1-2-20-18(23-13-15-7-4-3-5-8-15)22-12-11-21-17(24)16-9-6-10-19-14-16/h3-10,14H,2,11-13H2,1H3,(H,21,24)(H2,20,22,23). The number of aliphatic imine (C=N–C) groups is 1. The lowest BCUT2D eigenvalue weighted by Crippen LogP contribution is -2.41. The second kappa shape index (κ2) is 9.99. The minimum Gasteiger partial charge on any atom is -0.357 e. The van der Waals surface area contributed by atoms with Gasteiger partial charge in [-0.05, 0) is 24.6 Å². The van der Waals surface area contributed by atoms with Crippen molar-refractivity contribution in [1.82, 2.24) is 20.9 Å². The SMILES string of the molecule is CCNC(=NCc1ccccc1)NCCNC(=O)c1cccnc1. The van der Waals surface area contributed by atoms with Crippen molar-refractivity contribution in [2.45, 2.75) is 13.5 Å². The van der Waals surface area contributed by atoms with Crippen LogP contribution in [0.25, 0.3) is 0 Å². The molecule has 0 radical (unpaired) electrons. The summed E-state index contributed by atoms with van der Waals surface area (Å²) in [5.41, 5.74) is 1.71. The zero-order valence-corrected chi connectivity index (χ0v) is 13.8. The second-order valence-electron chi connectivity index (χ2n) is 5.11. The fraction of sp³-hybridized carbons (Fsp3) is 0.278. The summed E-state index contributed by atoms with van der Waals surface area (Å²) < 4.78 is 0. The highest BCUT2D eigenvalue weighted by Crippen LogP contribution is 1.99. The monoisotopic (exact) mass is 325 g/mol. The Balaban J connectivity index is 1.76. The summed E-state index contributed by atoms with van der Waals surface area (Å²) in [4.78, 5) is 20.4. The fourth-order valence-electron chi connectivity index (χ4n) is 2.05. The molecule has 1 aromatic carbocycles. The van der Waals surface area contributed by atoms with E-state index < -0.39 is 0 Å². The van der Waals surface area contributed by atoms with Gasteiger partial charge in [-0.3, -0.25) is 9.78 Å². The Hall–Kier alpha value is -2.89. The lowest BCUT2D eigenvalue weighted by Gasteiger charge is -2.12. The number of amides is 1. The van der Waals surface area contributed by atoms with Gasteiger partial charge in [0.25, 0.3) is 5.91 Å². The van der Waals surface area contributed by atoms with Crippen LogP contribution in [0.3, 0.4) is 0 Å². The molecule has 6 heteroatoms. The molecule has 0 atom stereocenters. The van der Waals surface area contributed by atoms with Crippen molar-refractivity contribution in [3.8, 4) is 0 Å². The van der Waals surface area contributed by atoms with E-state index in [9.17, 15) is 4.79 Å². The van der Waals surface area contributed by atoms with Gasteiger partial charge < -0.3 is 16.0 Å². The molecule has 2 rings (SSSR count). The Morgan fingerprint density at radius 3 is 2.54 bits per heavy atom. The molecular formula is C18H23N5O. The van der Waals surface area contributed by atoms with Gasteiger partial charge >= 0.3 is 0 Å². The Morgan fingerprint density at radius 2 is 1.83 bits per heavy atom. The number of hydrogen-bond donors (Lipinski definition) is 3. The maximum Gasteiger partial charge on any atom is 0.252 e. The molecular weight excluding hydrogens is 302 g/mol. The molecule has 1 heterocycles. The Kier molecular flexibility index (Phi) is 7.27. The Labute approximate surface area is 142 Å². The van der Waals surface area contributed by atoms with Crippen LogP contribution >= 0.6 is 0 Å². The van der Waals surface area contributed by atoms with Crippen LogP contribution in [0.4, 0.5) is 0 Å². The quantitative estimate of drug-likeness (QED) is 0.410. The van der Waals surface area contributed by atoms with E-state index in [2.05, 4.69) is 25.9 Å². The molecule has 1 aromatic heterocycles. The molecule has 0 spiro atoms. The molecule has 0 aliphatic heterocycles. The first kappa shape index (κ1) is 17.5. The maximum atomic E-state index is 11.9. The first-order chi connectivity index (χ1) is 11.8. The molecule has 0 aliphatic rings. The van der Waals surface area contributed by atoms with Crippen LogP contribution in [0.2, 0.25) is 0 Å². The van der Waals surface area contributed by atoms with Crippen molar-refractivity contribution < 1.29 is 4.79 Å². The number of carbonyl (C=O) groups is 1. The summed E-state index contributed by atoms with van der Waals surface area (Å²) in [5.74, 6) is 0.605. The average molecular weight is 325 g/mol. The number of benzene rings is 1. The lowest BCUT2D eigenvalue weighted by atomic mass is 10.2. The summed E-state index contributed by atoms with van der Waals surface area (Å²) in [5, 5.41) is 9.24. The third kappa shape index (κ3) is 6.08. The topological polar surface area (TPSA) is 78.4 Å². The van der Waals surface area contributed by atoms with Gasteiger partial charge in [-0.25, -0.2) is 4.99 Å². The zero-order valence-electron chi connectivity index (χ0n) is 13.8. The molecule has 0 aliphatic carbocycles. The number of carbonyl (C=O) groups excluding carboxylic acids is 1. The fourth-order valence-corrected chi connectivity index (χ4v) is 2.05. The van der Waals surface area contributed by atoms with Crippen molar-refractivity contribution in [1.29, 1.82) is 0 Å². The van der Waals surface area contributed by atoms with Gasteiger partial charge in [-0.2, -0.15) is 0 Å². The van der Waals surface area contributed by atoms with Crippen LogP contribution in [0.5, 0.6) is 0 Å². The third-order valence-electron chi connectivity index (χ3n) is 3.23. The van der Waals surface area contributed by atoms with E-state index in [0.29, 0.717) is 25.2 Å². The van der Waals surface area contributed by atoms with Gasteiger partial charge in [-0.15, -0.1) is 0 Å². The maximum absolute atomic E-state index is 11.9. The molecule has 126 valence electrons. The number of aromatic nitrogens is 1. The van der Waals surface area contributed by atoms with Crippen LogP contribution in [-0.4, -0.2) is 36.5 Å². The zero-order chi connectivity index (χ0) is 17.0. The molecule has 1 amide bonds. The number of nitrogens with one attached hydrogen (secondary N) is 3. The van der Waals surface area contributed by atoms with Crippen molar-refractivity contribution in [3.05, 3.63) is 66.0 Å². The van der Waals surface area contributed by atoms with Crippen LogP contribution in [0.15, 0.2) is 59.9 Å². The minimum absolute atomic E-state index is 0.129. The predicted octanol–water partition coefficient (Wildman–Crippen LogP) is 1.57. The van der Waals surface area contributed by atoms with Crippen LogP contribution < -0.4 is 16.0 Å². The van der Waals surface area contributed by atoms with E-state index in [0.717, 1.165) is 18.1 Å². The van der Waals surface area contributed by atoms with Crippen LogP contribution in [0.1, 0.15) is 22.8 Å². The molecule has 24 heavy (non-hydrogen) atoms. The van der Waals surface area contributed by atoms with E-state index >= 15 is 0 Å².